The molecular weight excluding hydrogens is 322 g/mol. The van der Waals surface area contributed by atoms with Crippen molar-refractivity contribution in [3.63, 3.8) is 0 Å². The number of nitrogens with zero attached hydrogens (tertiary/aromatic N) is 4. The number of piperidine rings is 1. The lowest BCUT2D eigenvalue weighted by Gasteiger charge is -2.32. The summed E-state index contributed by atoms with van der Waals surface area (Å²) in [5.41, 5.74) is 1.07. The molecule has 26 heavy (non-hydrogen) atoms. The van der Waals surface area contributed by atoms with Crippen molar-refractivity contribution < 1.29 is 0 Å². The first-order valence-electron chi connectivity index (χ1n) is 9.70. The van der Waals surface area contributed by atoms with Gasteiger partial charge < -0.3 is 15.1 Å². The summed E-state index contributed by atoms with van der Waals surface area (Å²) in [7, 11) is 4.21. The highest BCUT2D eigenvalue weighted by molar-refractivity contribution is 5.61. The Balaban J connectivity index is 1.82. The van der Waals surface area contributed by atoms with Crippen molar-refractivity contribution in [1.82, 2.24) is 14.9 Å². The maximum absolute atomic E-state index is 4.88. The molecule has 1 aliphatic rings. The summed E-state index contributed by atoms with van der Waals surface area (Å²) < 4.78 is 0. The molecule has 0 aliphatic carbocycles. The van der Waals surface area contributed by atoms with Crippen LogP contribution in [-0.2, 0) is 0 Å². The predicted molar refractivity (Wildman–Crippen MR) is 110 cm³/mol. The van der Waals surface area contributed by atoms with E-state index in [1.807, 2.05) is 18.2 Å². The third-order valence-corrected chi connectivity index (χ3v) is 4.81. The average molecular weight is 354 g/mol. The average Bonchev–Trinajstić information content (AvgIpc) is 2.65. The summed E-state index contributed by atoms with van der Waals surface area (Å²) in [6, 6.07) is 12.4. The van der Waals surface area contributed by atoms with Crippen molar-refractivity contribution in [2.45, 2.75) is 26.2 Å². The zero-order valence-corrected chi connectivity index (χ0v) is 16.3. The highest BCUT2D eigenvalue weighted by Gasteiger charge is 2.19. The van der Waals surface area contributed by atoms with Gasteiger partial charge in [0.2, 0.25) is 0 Å². The number of nitrogens with one attached hydrogen (secondary N) is 1. The number of anilines is 2. The molecule has 1 aromatic heterocycles. The molecule has 1 saturated heterocycles. The van der Waals surface area contributed by atoms with Crippen LogP contribution >= 0.6 is 0 Å². The topological polar surface area (TPSA) is 44.3 Å². The second-order valence-corrected chi connectivity index (χ2v) is 7.58. The first kappa shape index (κ1) is 18.6. The Morgan fingerprint density at radius 1 is 1.19 bits per heavy atom. The Bertz CT molecular complexity index is 686. The molecule has 0 radical (unpaired) electrons. The summed E-state index contributed by atoms with van der Waals surface area (Å²) >= 11 is 0. The number of rotatable bonds is 7. The normalized spacial score (nSPS) is 17.5. The first-order valence-corrected chi connectivity index (χ1v) is 9.70. The molecular formula is C21H31N5. The molecule has 2 aromatic rings. The Morgan fingerprint density at radius 2 is 2.00 bits per heavy atom. The molecule has 3 rings (SSSR count). The van der Waals surface area contributed by atoms with Crippen molar-refractivity contribution >= 4 is 11.6 Å². The fourth-order valence-electron chi connectivity index (χ4n) is 3.41. The van der Waals surface area contributed by atoms with Crippen molar-refractivity contribution in [3.05, 3.63) is 36.4 Å². The fraction of sp³-hybridized carbons (Fsp3) is 0.524. The lowest BCUT2D eigenvalue weighted by molar-refractivity contribution is 0.405. The summed E-state index contributed by atoms with van der Waals surface area (Å²) in [5.74, 6) is 3.48. The van der Waals surface area contributed by atoms with Crippen LogP contribution in [0.25, 0.3) is 11.4 Å². The van der Waals surface area contributed by atoms with Crippen LogP contribution in [0.1, 0.15) is 26.2 Å². The van der Waals surface area contributed by atoms with Crippen molar-refractivity contribution in [1.29, 1.82) is 0 Å². The van der Waals surface area contributed by atoms with E-state index in [0.717, 1.165) is 61.5 Å². The van der Waals surface area contributed by atoms with E-state index < -0.39 is 0 Å². The van der Waals surface area contributed by atoms with Crippen LogP contribution < -0.4 is 10.2 Å². The lowest BCUT2D eigenvalue weighted by Crippen LogP contribution is -2.35. The van der Waals surface area contributed by atoms with Gasteiger partial charge in [-0.3, -0.25) is 0 Å². The number of hydrogen-bond acceptors (Lipinski definition) is 5. The van der Waals surface area contributed by atoms with Gasteiger partial charge in [0.05, 0.1) is 0 Å². The van der Waals surface area contributed by atoms with E-state index in [-0.39, 0.29) is 0 Å². The third-order valence-electron chi connectivity index (χ3n) is 4.81. The van der Waals surface area contributed by atoms with Gasteiger partial charge in [-0.15, -0.1) is 0 Å². The van der Waals surface area contributed by atoms with Gasteiger partial charge in [0, 0.05) is 31.3 Å². The molecule has 1 atom stereocenters. The number of hydrogen-bond donors (Lipinski definition) is 1. The van der Waals surface area contributed by atoms with Crippen LogP contribution in [-0.4, -0.2) is 55.1 Å². The van der Waals surface area contributed by atoms with Gasteiger partial charge in [0.15, 0.2) is 5.82 Å². The standard InChI is InChI=1S/C21H31N5/c1-17-9-7-14-26(16-17)20-15-19(22-12-8-13-25(2)3)23-21(24-20)18-10-5-4-6-11-18/h4-6,10-11,15,17H,7-9,12-14,16H2,1-3H3,(H,22,23,24). The maximum Gasteiger partial charge on any atom is 0.163 e. The highest BCUT2D eigenvalue weighted by atomic mass is 15.2. The summed E-state index contributed by atoms with van der Waals surface area (Å²) in [5, 5.41) is 3.50. The van der Waals surface area contributed by atoms with Gasteiger partial charge in [0.25, 0.3) is 0 Å². The Morgan fingerprint density at radius 3 is 2.73 bits per heavy atom. The zero-order chi connectivity index (χ0) is 18.4. The Labute approximate surface area is 157 Å². The first-order chi connectivity index (χ1) is 12.6. The molecule has 0 spiro atoms. The van der Waals surface area contributed by atoms with Gasteiger partial charge in [0.1, 0.15) is 11.6 Å². The molecule has 0 saturated carbocycles. The molecule has 140 valence electrons. The monoisotopic (exact) mass is 353 g/mol. The van der Waals surface area contributed by atoms with Gasteiger partial charge >= 0.3 is 0 Å². The molecule has 2 heterocycles. The van der Waals surface area contributed by atoms with E-state index >= 15 is 0 Å². The molecule has 1 aliphatic heterocycles. The highest BCUT2D eigenvalue weighted by Crippen LogP contribution is 2.26. The van der Waals surface area contributed by atoms with Crippen LogP contribution in [0.5, 0.6) is 0 Å². The lowest BCUT2D eigenvalue weighted by atomic mass is 10.0. The molecule has 0 amide bonds. The quantitative estimate of drug-likeness (QED) is 0.768. The predicted octanol–water partition coefficient (Wildman–Crippen LogP) is 3.74. The van der Waals surface area contributed by atoms with Crippen LogP contribution in [0.3, 0.4) is 0 Å². The summed E-state index contributed by atoms with van der Waals surface area (Å²) in [6.07, 6.45) is 3.63. The number of aromatic nitrogens is 2. The molecule has 1 fully saturated rings. The van der Waals surface area contributed by atoms with Gasteiger partial charge in [-0.25, -0.2) is 9.97 Å². The van der Waals surface area contributed by atoms with Gasteiger partial charge in [-0.2, -0.15) is 0 Å². The van der Waals surface area contributed by atoms with Crippen molar-refractivity contribution in [2.24, 2.45) is 5.92 Å². The minimum Gasteiger partial charge on any atom is -0.370 e. The van der Waals surface area contributed by atoms with Crippen LogP contribution in [0.2, 0.25) is 0 Å². The molecule has 5 nitrogen and oxygen atoms in total. The van der Waals surface area contributed by atoms with E-state index in [1.54, 1.807) is 0 Å². The van der Waals surface area contributed by atoms with E-state index in [4.69, 9.17) is 9.97 Å². The molecule has 0 bridgehead atoms. The van der Waals surface area contributed by atoms with Gasteiger partial charge in [-0.1, -0.05) is 37.3 Å². The second-order valence-electron chi connectivity index (χ2n) is 7.58. The SMILES string of the molecule is CC1CCCN(c2cc(NCCCN(C)C)nc(-c3ccccc3)n2)C1. The summed E-state index contributed by atoms with van der Waals surface area (Å²) in [4.78, 5) is 14.3. The fourth-order valence-corrected chi connectivity index (χ4v) is 3.41. The van der Waals surface area contributed by atoms with E-state index in [0.29, 0.717) is 0 Å². The maximum atomic E-state index is 4.88. The van der Waals surface area contributed by atoms with Crippen LogP contribution in [0.4, 0.5) is 11.6 Å². The van der Waals surface area contributed by atoms with Gasteiger partial charge in [-0.05, 0) is 45.8 Å². The Hall–Kier alpha value is -2.14. The Kier molecular flexibility index (Phi) is 6.45. The van der Waals surface area contributed by atoms with Crippen molar-refractivity contribution in [2.75, 3.05) is 50.5 Å². The third kappa shape index (κ3) is 5.18. The molecule has 1 unspecified atom stereocenters. The smallest absolute Gasteiger partial charge is 0.163 e. The minimum atomic E-state index is 0.718. The minimum absolute atomic E-state index is 0.718. The van der Waals surface area contributed by atoms with Crippen LogP contribution in [0, 0.1) is 5.92 Å². The molecule has 1 N–H and O–H groups in total. The van der Waals surface area contributed by atoms with Crippen LogP contribution in [0.15, 0.2) is 36.4 Å². The van der Waals surface area contributed by atoms with E-state index in [2.05, 4.69) is 54.3 Å². The molecule has 5 heteroatoms. The number of benzene rings is 1. The summed E-state index contributed by atoms with van der Waals surface area (Å²) in [6.45, 7) is 6.46. The zero-order valence-electron chi connectivity index (χ0n) is 16.3. The van der Waals surface area contributed by atoms with E-state index in [1.165, 1.54) is 12.8 Å². The van der Waals surface area contributed by atoms with Crippen molar-refractivity contribution in [3.8, 4) is 11.4 Å². The van der Waals surface area contributed by atoms with E-state index in [9.17, 15) is 0 Å². The second kappa shape index (κ2) is 8.99. The largest absolute Gasteiger partial charge is 0.370 e. The molecule has 1 aromatic carbocycles.